The molecule has 0 spiro atoms. The molecule has 0 saturated carbocycles. The van der Waals surface area contributed by atoms with Gasteiger partial charge in [-0.3, -0.25) is 0 Å². The van der Waals surface area contributed by atoms with Crippen LogP contribution in [0.2, 0.25) is 0 Å². The first-order valence-electron chi connectivity index (χ1n) is 1.41. The molecule has 1 radical (unpaired) electrons. The molecule has 0 aromatic carbocycles. The van der Waals surface area contributed by atoms with Gasteiger partial charge in [0.05, 0.1) is 0 Å². The summed E-state index contributed by atoms with van der Waals surface area (Å²) in [6.07, 6.45) is 0. The zero-order valence-electron chi connectivity index (χ0n) is 4.31. The third-order valence-electron chi connectivity index (χ3n) is 0. The van der Waals surface area contributed by atoms with E-state index in [2.05, 4.69) is 13.8 Å². The first-order chi connectivity index (χ1) is 2.00. The zero-order valence-corrected chi connectivity index (χ0v) is 9.42. The third-order valence-corrected chi connectivity index (χ3v) is 0. The van der Waals surface area contributed by atoms with Gasteiger partial charge in [-0.1, -0.05) is 0 Å². The fourth-order valence-electron chi connectivity index (χ4n) is 0. The molecule has 0 aromatic rings. The van der Waals surface area contributed by atoms with Gasteiger partial charge in [0.2, 0.25) is 0 Å². The molecule has 41 valence electrons. The fraction of sp³-hybridized carbons (Fsp3) is 0.500. The van der Waals surface area contributed by atoms with Gasteiger partial charge < -0.3 is 13.8 Å². The fourth-order valence-corrected chi connectivity index (χ4v) is 0. The van der Waals surface area contributed by atoms with Gasteiger partial charge >= 0.3 is 0 Å². The van der Waals surface area contributed by atoms with Crippen molar-refractivity contribution in [3.05, 3.63) is 13.8 Å². The molecule has 0 amide bonds. The summed E-state index contributed by atoms with van der Waals surface area (Å²) in [5.41, 5.74) is 0. The normalized spacial score (nSPS) is 2.00. The first kappa shape index (κ1) is 25.0. The van der Waals surface area contributed by atoms with Crippen LogP contribution in [0.25, 0.3) is 0 Å². The molecule has 0 aliphatic carbocycles. The van der Waals surface area contributed by atoms with Gasteiger partial charge in [0.1, 0.15) is 0 Å². The summed E-state index contributed by atoms with van der Waals surface area (Å²) in [5, 5.41) is 0. The van der Waals surface area contributed by atoms with E-state index in [9.17, 15) is 0 Å². The summed E-state index contributed by atoms with van der Waals surface area (Å²) in [7, 11) is 0. The van der Waals surface area contributed by atoms with Gasteiger partial charge in [-0.2, -0.15) is 13.8 Å². The molecule has 0 N–H and O–H groups in total. The Morgan fingerprint density at radius 1 is 0.833 bits per heavy atom. The Bertz CT molecular complexity index is 7.51. The van der Waals surface area contributed by atoms with Crippen molar-refractivity contribution in [3.63, 3.8) is 0 Å². The molecule has 0 fully saturated rings. The second-order valence-corrected chi connectivity index (χ2v) is 0. The molecule has 0 rings (SSSR count). The third kappa shape index (κ3) is 41.4. The van der Waals surface area contributed by atoms with Crippen molar-refractivity contribution in [2.45, 2.75) is 13.8 Å². The van der Waals surface area contributed by atoms with E-state index in [4.69, 9.17) is 0 Å². The summed E-state index contributed by atoms with van der Waals surface area (Å²) in [4.78, 5) is 0. The Kier molecular flexibility index (Phi) is 296. The van der Waals surface area contributed by atoms with Gasteiger partial charge in [-0.15, -0.1) is 0 Å². The molecule has 6 heavy (non-hydrogen) atoms. The van der Waals surface area contributed by atoms with Crippen molar-refractivity contribution in [1.29, 1.82) is 0 Å². The minimum absolute atomic E-state index is 0. The SMILES string of the molecule is [CH2-]C.[CH2-]C.[Pt].[Y]. The second kappa shape index (κ2) is 70.9. The minimum atomic E-state index is 0. The van der Waals surface area contributed by atoms with E-state index in [1.54, 1.807) is 13.8 Å². The second-order valence-electron chi connectivity index (χ2n) is 0. The van der Waals surface area contributed by atoms with Crippen molar-refractivity contribution >= 4 is 0 Å². The van der Waals surface area contributed by atoms with Crippen LogP contribution in [0.3, 0.4) is 0 Å². The monoisotopic (exact) mass is 342 g/mol. The van der Waals surface area contributed by atoms with Crippen LogP contribution < -0.4 is 0 Å². The summed E-state index contributed by atoms with van der Waals surface area (Å²) < 4.78 is 0. The Morgan fingerprint density at radius 2 is 0.833 bits per heavy atom. The maximum atomic E-state index is 3.25. The first-order valence-corrected chi connectivity index (χ1v) is 1.41. The number of hydrogen-bond acceptors (Lipinski definition) is 0. The Balaban J connectivity index is -0.00000000500. The molecule has 0 saturated heterocycles. The standard InChI is InChI=1S/2C2H5.Pt.Y/c2*1-2;;/h2*1H2,2H3;;/q2*-1;;. The van der Waals surface area contributed by atoms with Crippen LogP contribution in [0.5, 0.6) is 0 Å². The average molecular weight is 342 g/mol. The molecular formula is C4H10PtY-2. The molecule has 0 aliphatic heterocycles. The van der Waals surface area contributed by atoms with E-state index in [-0.39, 0.29) is 53.8 Å². The molecule has 0 bridgehead atoms. The molecule has 0 aromatic heterocycles. The zero-order chi connectivity index (χ0) is 4.00. The molecule has 0 aliphatic rings. The summed E-state index contributed by atoms with van der Waals surface area (Å²) in [6.45, 7) is 10.0. The van der Waals surface area contributed by atoms with Gasteiger partial charge in [-0.05, 0) is 0 Å². The van der Waals surface area contributed by atoms with Crippen molar-refractivity contribution in [3.8, 4) is 0 Å². The van der Waals surface area contributed by atoms with Gasteiger partial charge in [0, 0.05) is 53.8 Å². The van der Waals surface area contributed by atoms with Crippen LogP contribution in [0, 0.1) is 13.8 Å². The maximum Gasteiger partial charge on any atom is 0 e. The van der Waals surface area contributed by atoms with E-state index < -0.39 is 0 Å². The molecule has 0 heterocycles. The Morgan fingerprint density at radius 3 is 0.833 bits per heavy atom. The van der Waals surface area contributed by atoms with Crippen LogP contribution in [-0.4, -0.2) is 0 Å². The van der Waals surface area contributed by atoms with Gasteiger partial charge in [0.25, 0.3) is 0 Å². The van der Waals surface area contributed by atoms with E-state index in [0.29, 0.717) is 0 Å². The van der Waals surface area contributed by atoms with Crippen molar-refractivity contribution in [2.75, 3.05) is 0 Å². The van der Waals surface area contributed by atoms with Crippen LogP contribution in [0.1, 0.15) is 13.8 Å². The van der Waals surface area contributed by atoms with Crippen molar-refractivity contribution in [1.82, 2.24) is 0 Å². The molecule has 0 unspecified atom stereocenters. The topological polar surface area (TPSA) is 0 Å². The van der Waals surface area contributed by atoms with E-state index >= 15 is 0 Å². The summed E-state index contributed by atoms with van der Waals surface area (Å²) >= 11 is 0. The average Bonchev–Trinajstić information content (AvgIpc) is 1.50. The Hall–Kier alpha value is 1.79. The molecule has 0 atom stereocenters. The van der Waals surface area contributed by atoms with Crippen LogP contribution in [0.4, 0.5) is 0 Å². The number of hydrogen-bond donors (Lipinski definition) is 0. The minimum Gasteiger partial charge on any atom is -0.346 e. The molecule has 2 heteroatoms. The molecular weight excluding hydrogens is 332 g/mol. The Labute approximate surface area is 80.6 Å². The quantitative estimate of drug-likeness (QED) is 0.588. The van der Waals surface area contributed by atoms with Crippen LogP contribution in [-0.2, 0) is 53.8 Å². The maximum absolute atomic E-state index is 3.25. The van der Waals surface area contributed by atoms with Crippen molar-refractivity contribution < 1.29 is 53.8 Å². The van der Waals surface area contributed by atoms with E-state index in [1.165, 1.54) is 0 Å². The van der Waals surface area contributed by atoms with Crippen molar-refractivity contribution in [2.24, 2.45) is 0 Å². The smallest absolute Gasteiger partial charge is 0 e. The van der Waals surface area contributed by atoms with Crippen LogP contribution >= 0.6 is 0 Å². The van der Waals surface area contributed by atoms with E-state index in [0.717, 1.165) is 0 Å². The van der Waals surface area contributed by atoms with Gasteiger partial charge in [0.15, 0.2) is 0 Å². The van der Waals surface area contributed by atoms with E-state index in [1.807, 2.05) is 0 Å². The summed E-state index contributed by atoms with van der Waals surface area (Å²) in [5.74, 6) is 0. The predicted octanol–water partition coefficient (Wildman–Crippen LogP) is 1.68. The summed E-state index contributed by atoms with van der Waals surface area (Å²) in [6, 6.07) is 0. The predicted molar refractivity (Wildman–Crippen MR) is 22.1 cm³/mol. The van der Waals surface area contributed by atoms with Gasteiger partial charge in [-0.25, -0.2) is 0 Å². The molecule has 0 nitrogen and oxygen atoms in total. The number of rotatable bonds is 0. The largest absolute Gasteiger partial charge is 0.346 e. The van der Waals surface area contributed by atoms with Crippen LogP contribution in [0.15, 0.2) is 0 Å².